The minimum absolute atomic E-state index is 0.288. The van der Waals surface area contributed by atoms with E-state index in [0.717, 1.165) is 29.7 Å². The van der Waals surface area contributed by atoms with Gasteiger partial charge in [-0.1, -0.05) is 30.2 Å². The number of methoxy groups -OCH3 is 1. The van der Waals surface area contributed by atoms with E-state index >= 15 is 0 Å². The molecule has 1 aromatic rings. The lowest BCUT2D eigenvalue weighted by Gasteiger charge is -2.30. The van der Waals surface area contributed by atoms with E-state index in [9.17, 15) is 5.11 Å². The quantitative estimate of drug-likeness (QED) is 0.831. The maximum atomic E-state index is 10.7. The topological polar surface area (TPSA) is 29.5 Å². The third kappa shape index (κ3) is 3.19. The molecule has 0 heterocycles. The van der Waals surface area contributed by atoms with Crippen molar-refractivity contribution >= 4 is 0 Å². The SMILES string of the molecule is COc1ccc(C)cc1C(O)C1CC(C)=CC(C)C1. The summed E-state index contributed by atoms with van der Waals surface area (Å²) in [5.74, 6) is 1.62. The molecule has 2 heteroatoms. The average molecular weight is 260 g/mol. The molecule has 0 bridgehead atoms. The predicted octanol–water partition coefficient (Wildman–Crippen LogP) is 4.03. The van der Waals surface area contributed by atoms with Crippen molar-refractivity contribution < 1.29 is 9.84 Å². The molecule has 0 amide bonds. The van der Waals surface area contributed by atoms with Gasteiger partial charge < -0.3 is 9.84 Å². The van der Waals surface area contributed by atoms with Crippen molar-refractivity contribution in [1.29, 1.82) is 0 Å². The highest BCUT2D eigenvalue weighted by molar-refractivity contribution is 5.39. The summed E-state index contributed by atoms with van der Waals surface area (Å²) in [5.41, 5.74) is 3.47. The Kier molecular flexibility index (Phi) is 4.31. The molecule has 1 aliphatic rings. The van der Waals surface area contributed by atoms with Crippen molar-refractivity contribution in [1.82, 2.24) is 0 Å². The van der Waals surface area contributed by atoms with Crippen molar-refractivity contribution in [3.8, 4) is 5.75 Å². The van der Waals surface area contributed by atoms with Crippen molar-refractivity contribution in [2.24, 2.45) is 11.8 Å². The van der Waals surface area contributed by atoms with Gasteiger partial charge in [-0.25, -0.2) is 0 Å². The first-order valence-electron chi connectivity index (χ1n) is 7.01. The number of hydrogen-bond acceptors (Lipinski definition) is 2. The van der Waals surface area contributed by atoms with Crippen LogP contribution < -0.4 is 4.74 Å². The molecule has 0 saturated carbocycles. The molecule has 3 atom stereocenters. The van der Waals surface area contributed by atoms with Crippen LogP contribution in [0.25, 0.3) is 0 Å². The van der Waals surface area contributed by atoms with Crippen LogP contribution in [0.15, 0.2) is 29.8 Å². The van der Waals surface area contributed by atoms with E-state index in [1.165, 1.54) is 5.57 Å². The fraction of sp³-hybridized carbons (Fsp3) is 0.529. The lowest BCUT2D eigenvalue weighted by Crippen LogP contribution is -2.20. The molecule has 3 unspecified atom stereocenters. The second-order valence-corrected chi connectivity index (χ2v) is 5.88. The van der Waals surface area contributed by atoms with Gasteiger partial charge in [0.25, 0.3) is 0 Å². The number of aliphatic hydroxyl groups is 1. The first-order valence-corrected chi connectivity index (χ1v) is 7.01. The molecule has 0 spiro atoms. The Hall–Kier alpha value is -1.28. The molecule has 2 rings (SSSR count). The van der Waals surface area contributed by atoms with Crippen molar-refractivity contribution in [3.63, 3.8) is 0 Å². The second-order valence-electron chi connectivity index (χ2n) is 5.88. The Balaban J connectivity index is 2.26. The summed E-state index contributed by atoms with van der Waals surface area (Å²) in [5, 5.41) is 10.7. The van der Waals surface area contributed by atoms with Gasteiger partial charge >= 0.3 is 0 Å². The van der Waals surface area contributed by atoms with Crippen LogP contribution in [0, 0.1) is 18.8 Å². The summed E-state index contributed by atoms with van der Waals surface area (Å²) in [6.07, 6.45) is 3.88. The van der Waals surface area contributed by atoms with Gasteiger partial charge in [-0.05, 0) is 50.7 Å². The van der Waals surface area contributed by atoms with Gasteiger partial charge in [0.15, 0.2) is 0 Å². The fourth-order valence-corrected chi connectivity index (χ4v) is 3.18. The highest BCUT2D eigenvalue weighted by Gasteiger charge is 2.27. The molecule has 0 fully saturated rings. The van der Waals surface area contributed by atoms with E-state index in [2.05, 4.69) is 19.9 Å². The fourth-order valence-electron chi connectivity index (χ4n) is 3.18. The number of ether oxygens (including phenoxy) is 1. The summed E-state index contributed by atoms with van der Waals surface area (Å²) < 4.78 is 5.39. The monoisotopic (exact) mass is 260 g/mol. The van der Waals surface area contributed by atoms with Crippen LogP contribution in [0.4, 0.5) is 0 Å². The third-order valence-electron chi connectivity index (χ3n) is 3.98. The van der Waals surface area contributed by atoms with Crippen molar-refractivity contribution in [2.75, 3.05) is 7.11 Å². The molecule has 0 aromatic heterocycles. The van der Waals surface area contributed by atoms with E-state index in [1.807, 2.05) is 25.1 Å². The third-order valence-corrected chi connectivity index (χ3v) is 3.98. The van der Waals surface area contributed by atoms with Crippen LogP contribution in [0.2, 0.25) is 0 Å². The molecular formula is C17H24O2. The van der Waals surface area contributed by atoms with Gasteiger partial charge in [-0.3, -0.25) is 0 Å². The van der Waals surface area contributed by atoms with E-state index in [-0.39, 0.29) is 5.92 Å². The molecule has 0 aliphatic heterocycles. The number of benzene rings is 1. The largest absolute Gasteiger partial charge is 0.496 e. The lowest BCUT2D eigenvalue weighted by molar-refractivity contribution is 0.0906. The van der Waals surface area contributed by atoms with Crippen molar-refractivity contribution in [3.05, 3.63) is 41.0 Å². The van der Waals surface area contributed by atoms with E-state index in [0.29, 0.717) is 5.92 Å². The molecule has 1 aliphatic carbocycles. The number of aryl methyl sites for hydroxylation is 1. The normalized spacial score (nSPS) is 24.8. The van der Waals surface area contributed by atoms with Gasteiger partial charge in [0.1, 0.15) is 5.75 Å². The number of allylic oxidation sites excluding steroid dienone is 2. The van der Waals surface area contributed by atoms with Crippen LogP contribution in [-0.4, -0.2) is 12.2 Å². The molecule has 1 aromatic carbocycles. The molecule has 104 valence electrons. The summed E-state index contributed by atoms with van der Waals surface area (Å²) in [4.78, 5) is 0. The van der Waals surface area contributed by atoms with Gasteiger partial charge in [-0.15, -0.1) is 0 Å². The lowest BCUT2D eigenvalue weighted by atomic mass is 9.78. The molecular weight excluding hydrogens is 236 g/mol. The zero-order chi connectivity index (χ0) is 14.0. The van der Waals surface area contributed by atoms with Crippen LogP contribution in [0.1, 0.15) is 43.9 Å². The minimum atomic E-state index is -0.444. The van der Waals surface area contributed by atoms with E-state index < -0.39 is 6.10 Å². The Morgan fingerprint density at radius 3 is 2.68 bits per heavy atom. The summed E-state index contributed by atoms with van der Waals surface area (Å²) in [7, 11) is 1.66. The predicted molar refractivity (Wildman–Crippen MR) is 78.3 cm³/mol. The zero-order valence-corrected chi connectivity index (χ0v) is 12.3. The molecule has 19 heavy (non-hydrogen) atoms. The van der Waals surface area contributed by atoms with Crippen molar-refractivity contribution in [2.45, 2.75) is 39.7 Å². The number of hydrogen-bond donors (Lipinski definition) is 1. The zero-order valence-electron chi connectivity index (χ0n) is 12.3. The van der Waals surface area contributed by atoms with Gasteiger partial charge in [-0.2, -0.15) is 0 Å². The Morgan fingerprint density at radius 1 is 1.32 bits per heavy atom. The van der Waals surface area contributed by atoms with Crippen LogP contribution in [-0.2, 0) is 0 Å². The summed E-state index contributed by atoms with van der Waals surface area (Å²) in [6.45, 7) is 6.42. The van der Waals surface area contributed by atoms with E-state index in [4.69, 9.17) is 4.74 Å². The van der Waals surface area contributed by atoms with Crippen LogP contribution in [0.5, 0.6) is 5.75 Å². The highest BCUT2D eigenvalue weighted by Crippen LogP contribution is 2.39. The maximum absolute atomic E-state index is 10.7. The molecule has 0 radical (unpaired) electrons. The minimum Gasteiger partial charge on any atom is -0.496 e. The molecule has 2 nitrogen and oxygen atoms in total. The summed E-state index contributed by atoms with van der Waals surface area (Å²) in [6, 6.07) is 6.01. The van der Waals surface area contributed by atoms with Gasteiger partial charge in [0, 0.05) is 5.56 Å². The van der Waals surface area contributed by atoms with Crippen LogP contribution in [0.3, 0.4) is 0 Å². The molecule has 1 N–H and O–H groups in total. The molecule has 0 saturated heterocycles. The first kappa shape index (κ1) is 14.1. The standard InChI is InChI=1S/C17H24O2/c1-11-5-6-16(19-4)15(10-11)17(18)14-8-12(2)7-13(3)9-14/h5-7,10,12,14,17-18H,8-9H2,1-4H3. The Labute approximate surface area is 116 Å². The van der Waals surface area contributed by atoms with E-state index in [1.54, 1.807) is 7.11 Å². The first-order chi connectivity index (χ1) is 9.01. The highest BCUT2D eigenvalue weighted by atomic mass is 16.5. The number of rotatable bonds is 3. The van der Waals surface area contributed by atoms with Crippen LogP contribution >= 0.6 is 0 Å². The van der Waals surface area contributed by atoms with Gasteiger partial charge in [0.2, 0.25) is 0 Å². The Morgan fingerprint density at radius 2 is 2.05 bits per heavy atom. The number of aliphatic hydroxyl groups excluding tert-OH is 1. The smallest absolute Gasteiger partial charge is 0.124 e. The second kappa shape index (κ2) is 5.79. The maximum Gasteiger partial charge on any atom is 0.124 e. The van der Waals surface area contributed by atoms with Gasteiger partial charge in [0.05, 0.1) is 13.2 Å². The Bertz CT molecular complexity index is 476. The summed E-state index contributed by atoms with van der Waals surface area (Å²) >= 11 is 0. The average Bonchev–Trinajstić information content (AvgIpc) is 2.36.